The molecule has 0 atom stereocenters. The molecule has 0 aromatic heterocycles. The molecule has 0 saturated heterocycles. The number of ether oxygens (including phenoxy) is 3. The lowest BCUT2D eigenvalue weighted by Crippen LogP contribution is -2.05. The third kappa shape index (κ3) is 3.92. The van der Waals surface area contributed by atoms with E-state index >= 15 is 0 Å². The third-order valence-corrected chi connectivity index (χ3v) is 3.36. The fraction of sp³-hybridized carbons (Fsp3) is 0.105. The fourth-order valence-electron chi connectivity index (χ4n) is 2.28. The third-order valence-electron chi connectivity index (χ3n) is 3.36. The summed E-state index contributed by atoms with van der Waals surface area (Å²) >= 11 is 0. The van der Waals surface area contributed by atoms with Gasteiger partial charge in [0.05, 0.1) is 7.11 Å². The summed E-state index contributed by atoms with van der Waals surface area (Å²) in [5.74, 6) is 0.290. The van der Waals surface area contributed by atoms with Gasteiger partial charge in [0.15, 0.2) is 5.70 Å². The summed E-state index contributed by atoms with van der Waals surface area (Å²) in [4.78, 5) is 27.3. The van der Waals surface area contributed by atoms with E-state index in [1.807, 2.05) is 0 Å². The summed E-state index contributed by atoms with van der Waals surface area (Å²) in [6.45, 7) is 1.32. The van der Waals surface area contributed by atoms with Crippen LogP contribution in [-0.2, 0) is 14.3 Å². The number of carbonyl (C=O) groups excluding carboxylic acids is 2. The Morgan fingerprint density at radius 3 is 2.64 bits per heavy atom. The van der Waals surface area contributed by atoms with E-state index in [2.05, 4.69) is 4.99 Å². The smallest absolute Gasteiger partial charge is 0.363 e. The molecule has 6 heteroatoms. The number of cyclic esters (lactones) is 1. The highest BCUT2D eigenvalue weighted by Crippen LogP contribution is 2.23. The van der Waals surface area contributed by atoms with Crippen molar-refractivity contribution < 1.29 is 23.8 Å². The van der Waals surface area contributed by atoms with Crippen LogP contribution < -0.4 is 9.47 Å². The summed E-state index contributed by atoms with van der Waals surface area (Å²) in [6, 6.07) is 13.9. The highest BCUT2D eigenvalue weighted by Gasteiger charge is 2.24. The van der Waals surface area contributed by atoms with Gasteiger partial charge < -0.3 is 14.2 Å². The number of benzene rings is 2. The lowest BCUT2D eigenvalue weighted by Gasteiger charge is -2.02. The summed E-state index contributed by atoms with van der Waals surface area (Å²) in [7, 11) is 1.56. The van der Waals surface area contributed by atoms with Gasteiger partial charge in [-0.05, 0) is 42.0 Å². The molecule has 1 aliphatic rings. The van der Waals surface area contributed by atoms with E-state index in [-0.39, 0.29) is 11.6 Å². The summed E-state index contributed by atoms with van der Waals surface area (Å²) in [5.41, 5.74) is 1.48. The SMILES string of the molecule is COc1cccc(C2=N/C(=C\c3cccc(OC(C)=O)c3)C(=O)O2)c1. The number of hydrogen-bond acceptors (Lipinski definition) is 6. The Morgan fingerprint density at radius 2 is 1.88 bits per heavy atom. The molecule has 0 amide bonds. The van der Waals surface area contributed by atoms with Crippen molar-refractivity contribution in [1.29, 1.82) is 0 Å². The molecule has 3 rings (SSSR count). The maximum Gasteiger partial charge on any atom is 0.363 e. The molecule has 0 aliphatic carbocycles. The molecule has 0 saturated carbocycles. The van der Waals surface area contributed by atoms with Crippen LogP contribution in [0.5, 0.6) is 11.5 Å². The average molecular weight is 337 g/mol. The Morgan fingerprint density at radius 1 is 1.12 bits per heavy atom. The maximum atomic E-state index is 12.1. The van der Waals surface area contributed by atoms with Gasteiger partial charge >= 0.3 is 11.9 Å². The van der Waals surface area contributed by atoms with Gasteiger partial charge in [0.25, 0.3) is 0 Å². The number of esters is 2. The van der Waals surface area contributed by atoms with Crippen molar-refractivity contribution in [1.82, 2.24) is 0 Å². The standard InChI is InChI=1S/C19H15NO5/c1-12(21)24-16-8-3-5-13(9-16)10-17-19(22)25-18(20-17)14-6-4-7-15(11-14)23-2/h3-11H,1-2H3/b17-10-. The Hall–Kier alpha value is -3.41. The number of rotatable bonds is 4. The molecule has 1 aliphatic heterocycles. The minimum Gasteiger partial charge on any atom is -0.497 e. The van der Waals surface area contributed by atoms with Gasteiger partial charge in [0.2, 0.25) is 5.90 Å². The van der Waals surface area contributed by atoms with Crippen molar-refractivity contribution >= 4 is 23.9 Å². The van der Waals surface area contributed by atoms with E-state index in [0.29, 0.717) is 22.6 Å². The normalized spacial score (nSPS) is 14.9. The van der Waals surface area contributed by atoms with Crippen LogP contribution >= 0.6 is 0 Å². The highest BCUT2D eigenvalue weighted by molar-refractivity contribution is 6.13. The zero-order chi connectivity index (χ0) is 17.8. The van der Waals surface area contributed by atoms with E-state index in [1.165, 1.54) is 6.92 Å². The molecular formula is C19H15NO5. The van der Waals surface area contributed by atoms with Crippen molar-refractivity contribution in [3.8, 4) is 11.5 Å². The molecular weight excluding hydrogens is 322 g/mol. The number of carbonyl (C=O) groups is 2. The molecule has 6 nitrogen and oxygen atoms in total. The van der Waals surface area contributed by atoms with Crippen LogP contribution in [0.25, 0.3) is 6.08 Å². The predicted octanol–water partition coefficient (Wildman–Crippen LogP) is 2.97. The van der Waals surface area contributed by atoms with Crippen molar-refractivity contribution in [2.75, 3.05) is 7.11 Å². The van der Waals surface area contributed by atoms with Crippen LogP contribution in [0.3, 0.4) is 0 Å². The monoisotopic (exact) mass is 337 g/mol. The molecule has 0 unspecified atom stereocenters. The molecule has 2 aromatic carbocycles. The molecule has 0 radical (unpaired) electrons. The summed E-state index contributed by atoms with van der Waals surface area (Å²) in [6.07, 6.45) is 1.57. The molecule has 2 aromatic rings. The molecule has 0 spiro atoms. The summed E-state index contributed by atoms with van der Waals surface area (Å²) < 4.78 is 15.4. The van der Waals surface area contributed by atoms with Gasteiger partial charge in [-0.3, -0.25) is 4.79 Å². The second-order valence-corrected chi connectivity index (χ2v) is 5.23. The lowest BCUT2D eigenvalue weighted by atomic mass is 10.2. The molecule has 1 heterocycles. The molecule has 0 N–H and O–H groups in total. The molecule has 0 bridgehead atoms. The first-order valence-electron chi connectivity index (χ1n) is 7.50. The van der Waals surface area contributed by atoms with Crippen LogP contribution in [-0.4, -0.2) is 24.9 Å². The fourth-order valence-corrected chi connectivity index (χ4v) is 2.28. The van der Waals surface area contributed by atoms with Crippen LogP contribution in [0.1, 0.15) is 18.1 Å². The van der Waals surface area contributed by atoms with Crippen molar-refractivity contribution in [3.05, 3.63) is 65.4 Å². The predicted molar refractivity (Wildman–Crippen MR) is 91.4 cm³/mol. The molecule has 0 fully saturated rings. The summed E-state index contributed by atoms with van der Waals surface area (Å²) in [5, 5.41) is 0. The topological polar surface area (TPSA) is 74.2 Å². The number of nitrogens with zero attached hydrogens (tertiary/aromatic N) is 1. The van der Waals surface area contributed by atoms with Crippen molar-refractivity contribution in [2.45, 2.75) is 6.92 Å². The first kappa shape index (κ1) is 16.4. The quantitative estimate of drug-likeness (QED) is 0.487. The van der Waals surface area contributed by atoms with E-state index in [9.17, 15) is 9.59 Å². The van der Waals surface area contributed by atoms with Crippen LogP contribution in [0.15, 0.2) is 59.2 Å². The maximum absolute atomic E-state index is 12.1. The van der Waals surface area contributed by atoms with E-state index in [0.717, 1.165) is 0 Å². The molecule has 25 heavy (non-hydrogen) atoms. The van der Waals surface area contributed by atoms with Gasteiger partial charge in [0.1, 0.15) is 11.5 Å². The second kappa shape index (κ2) is 7.00. The van der Waals surface area contributed by atoms with Crippen LogP contribution in [0, 0.1) is 0 Å². The Kier molecular flexibility index (Phi) is 4.61. The second-order valence-electron chi connectivity index (χ2n) is 5.23. The van der Waals surface area contributed by atoms with Crippen LogP contribution in [0.2, 0.25) is 0 Å². The largest absolute Gasteiger partial charge is 0.497 e. The zero-order valence-corrected chi connectivity index (χ0v) is 13.7. The van der Waals surface area contributed by atoms with Gasteiger partial charge in [0, 0.05) is 12.5 Å². The van der Waals surface area contributed by atoms with Gasteiger partial charge in [-0.25, -0.2) is 9.79 Å². The molecule has 126 valence electrons. The van der Waals surface area contributed by atoms with E-state index in [1.54, 1.807) is 61.7 Å². The van der Waals surface area contributed by atoms with E-state index in [4.69, 9.17) is 14.2 Å². The first-order valence-corrected chi connectivity index (χ1v) is 7.50. The van der Waals surface area contributed by atoms with Crippen LogP contribution in [0.4, 0.5) is 0 Å². The van der Waals surface area contributed by atoms with Crippen molar-refractivity contribution in [2.24, 2.45) is 4.99 Å². The van der Waals surface area contributed by atoms with E-state index < -0.39 is 11.9 Å². The van der Waals surface area contributed by atoms with Gasteiger partial charge in [-0.2, -0.15) is 0 Å². The number of methoxy groups -OCH3 is 1. The Labute approximate surface area is 144 Å². The minimum absolute atomic E-state index is 0.165. The lowest BCUT2D eigenvalue weighted by molar-refractivity contribution is -0.132. The number of hydrogen-bond donors (Lipinski definition) is 0. The average Bonchev–Trinajstić information content (AvgIpc) is 2.95. The van der Waals surface area contributed by atoms with Gasteiger partial charge in [-0.1, -0.05) is 18.2 Å². The minimum atomic E-state index is -0.546. The Bertz CT molecular complexity index is 898. The number of aliphatic imine (C=N–C) groups is 1. The first-order chi connectivity index (χ1) is 12.0. The van der Waals surface area contributed by atoms with Crippen molar-refractivity contribution in [3.63, 3.8) is 0 Å². The van der Waals surface area contributed by atoms with Gasteiger partial charge in [-0.15, -0.1) is 0 Å². The highest BCUT2D eigenvalue weighted by atomic mass is 16.6. The zero-order valence-electron chi connectivity index (χ0n) is 13.7. The Balaban J connectivity index is 1.89.